The molecule has 0 saturated carbocycles. The minimum absolute atomic E-state index is 0.0377. The van der Waals surface area contributed by atoms with Gasteiger partial charge in [-0.3, -0.25) is 9.36 Å². The number of rotatable bonds is 1. The highest BCUT2D eigenvalue weighted by Gasteiger charge is 2.13. The van der Waals surface area contributed by atoms with Crippen LogP contribution in [0.3, 0.4) is 0 Å². The topological polar surface area (TPSA) is 96.0 Å². The van der Waals surface area contributed by atoms with Gasteiger partial charge < -0.3 is 11.5 Å². The van der Waals surface area contributed by atoms with Crippen LogP contribution in [0.4, 0.5) is 11.5 Å². The average molecular weight is 232 g/mol. The summed E-state index contributed by atoms with van der Waals surface area (Å²) in [5, 5.41) is 0. The first-order valence-corrected chi connectivity index (χ1v) is 4.96. The molecule has 0 aliphatic heterocycles. The zero-order valence-corrected chi connectivity index (χ0v) is 9.25. The van der Waals surface area contributed by atoms with Gasteiger partial charge in [-0.1, -0.05) is 18.2 Å². The van der Waals surface area contributed by atoms with Gasteiger partial charge in [0.05, 0.1) is 5.69 Å². The Labute approximate surface area is 96.7 Å². The summed E-state index contributed by atoms with van der Waals surface area (Å²) in [6.45, 7) is 0. The number of hydrogen-bond donors (Lipinski definition) is 2. The third-order valence-electron chi connectivity index (χ3n) is 2.54. The smallest absolute Gasteiger partial charge is 0.337 e. The molecule has 0 radical (unpaired) electrons. The van der Waals surface area contributed by atoms with E-state index in [0.717, 1.165) is 4.57 Å². The Morgan fingerprint density at radius 3 is 2.24 bits per heavy atom. The number of para-hydroxylation sites is 1. The molecule has 0 aliphatic rings. The molecule has 1 aromatic carbocycles. The normalized spacial score (nSPS) is 10.4. The third kappa shape index (κ3) is 1.59. The summed E-state index contributed by atoms with van der Waals surface area (Å²) < 4.78 is 2.13. The van der Waals surface area contributed by atoms with Gasteiger partial charge in [-0.05, 0) is 12.1 Å². The van der Waals surface area contributed by atoms with Gasteiger partial charge in [0.2, 0.25) is 0 Å². The highest BCUT2D eigenvalue weighted by Crippen LogP contribution is 2.12. The van der Waals surface area contributed by atoms with E-state index in [1.807, 2.05) is 6.07 Å². The SMILES string of the molecule is Cn1c(=O)c(N)c(N)n(-c2ccccc2)c1=O. The van der Waals surface area contributed by atoms with Crippen molar-refractivity contribution in [3.05, 3.63) is 51.2 Å². The van der Waals surface area contributed by atoms with E-state index in [-0.39, 0.29) is 11.5 Å². The van der Waals surface area contributed by atoms with E-state index in [1.54, 1.807) is 24.3 Å². The standard InChI is InChI=1S/C11H12N4O2/c1-14-10(16)8(12)9(13)15(11(14)17)7-5-3-2-4-6-7/h2-6H,12-13H2,1H3. The zero-order valence-electron chi connectivity index (χ0n) is 9.25. The van der Waals surface area contributed by atoms with Crippen LogP contribution >= 0.6 is 0 Å². The van der Waals surface area contributed by atoms with Crippen LogP contribution in [0.2, 0.25) is 0 Å². The second-order valence-electron chi connectivity index (χ2n) is 3.62. The summed E-state index contributed by atoms with van der Waals surface area (Å²) in [6.07, 6.45) is 0. The molecule has 0 saturated heterocycles. The Kier molecular flexibility index (Phi) is 2.47. The Morgan fingerprint density at radius 1 is 1.06 bits per heavy atom. The van der Waals surface area contributed by atoms with Crippen molar-refractivity contribution in [3.63, 3.8) is 0 Å². The highest BCUT2D eigenvalue weighted by atomic mass is 16.2. The van der Waals surface area contributed by atoms with Gasteiger partial charge >= 0.3 is 5.69 Å². The van der Waals surface area contributed by atoms with Gasteiger partial charge in [0.15, 0.2) is 0 Å². The van der Waals surface area contributed by atoms with E-state index in [1.165, 1.54) is 11.6 Å². The summed E-state index contributed by atoms with van der Waals surface area (Å²) >= 11 is 0. The molecule has 4 N–H and O–H groups in total. The maximum atomic E-state index is 12.0. The van der Waals surface area contributed by atoms with Gasteiger partial charge in [-0.25, -0.2) is 9.36 Å². The molecule has 0 spiro atoms. The molecule has 0 amide bonds. The highest BCUT2D eigenvalue weighted by molar-refractivity contribution is 5.60. The maximum absolute atomic E-state index is 12.0. The monoisotopic (exact) mass is 232 g/mol. The lowest BCUT2D eigenvalue weighted by molar-refractivity contribution is 0.739. The molecule has 6 heteroatoms. The second-order valence-corrected chi connectivity index (χ2v) is 3.62. The van der Waals surface area contributed by atoms with Gasteiger partial charge in [-0.2, -0.15) is 0 Å². The molecular formula is C11H12N4O2. The molecule has 2 aromatic rings. The molecule has 2 rings (SSSR count). The van der Waals surface area contributed by atoms with Crippen molar-refractivity contribution in [2.75, 3.05) is 11.5 Å². The summed E-state index contributed by atoms with van der Waals surface area (Å²) in [7, 11) is 1.36. The zero-order chi connectivity index (χ0) is 12.6. The van der Waals surface area contributed by atoms with E-state index < -0.39 is 11.2 Å². The van der Waals surface area contributed by atoms with Crippen molar-refractivity contribution in [1.82, 2.24) is 9.13 Å². The minimum Gasteiger partial charge on any atom is -0.391 e. The summed E-state index contributed by atoms with van der Waals surface area (Å²) in [5.41, 5.74) is 10.6. The van der Waals surface area contributed by atoms with Crippen LogP contribution in [0.25, 0.3) is 5.69 Å². The van der Waals surface area contributed by atoms with Crippen LogP contribution < -0.4 is 22.7 Å². The number of nitrogens with zero attached hydrogens (tertiary/aromatic N) is 2. The molecule has 0 unspecified atom stereocenters. The lowest BCUT2D eigenvalue weighted by Gasteiger charge is -2.12. The number of benzene rings is 1. The van der Waals surface area contributed by atoms with Gasteiger partial charge in [0.1, 0.15) is 11.5 Å². The van der Waals surface area contributed by atoms with E-state index in [9.17, 15) is 9.59 Å². The number of nitrogen functional groups attached to an aromatic ring is 2. The molecule has 88 valence electrons. The Bertz CT molecular complexity index is 670. The molecule has 1 aromatic heterocycles. The van der Waals surface area contributed by atoms with Crippen LogP contribution in [-0.2, 0) is 7.05 Å². The second kappa shape index (κ2) is 3.82. The predicted molar refractivity (Wildman–Crippen MR) is 66.1 cm³/mol. The fraction of sp³-hybridized carbons (Fsp3) is 0.0909. The van der Waals surface area contributed by atoms with Gasteiger partial charge in [-0.15, -0.1) is 0 Å². The lowest BCUT2D eigenvalue weighted by atomic mass is 10.3. The molecule has 1 heterocycles. The van der Waals surface area contributed by atoms with Crippen molar-refractivity contribution in [3.8, 4) is 5.69 Å². The Hall–Kier alpha value is -2.50. The first kappa shape index (κ1) is 11.0. The number of nitrogens with two attached hydrogens (primary N) is 2. The van der Waals surface area contributed by atoms with Crippen molar-refractivity contribution in [1.29, 1.82) is 0 Å². The first-order chi connectivity index (χ1) is 8.04. The largest absolute Gasteiger partial charge is 0.391 e. The molecule has 17 heavy (non-hydrogen) atoms. The average Bonchev–Trinajstić information content (AvgIpc) is 2.36. The Balaban J connectivity index is 2.90. The van der Waals surface area contributed by atoms with Crippen molar-refractivity contribution >= 4 is 11.5 Å². The predicted octanol–water partition coefficient (Wildman–Crippen LogP) is -0.299. The van der Waals surface area contributed by atoms with Gasteiger partial charge in [0.25, 0.3) is 5.56 Å². The molecule has 6 nitrogen and oxygen atoms in total. The van der Waals surface area contributed by atoms with E-state index in [4.69, 9.17) is 11.5 Å². The fourth-order valence-electron chi connectivity index (χ4n) is 1.58. The number of anilines is 2. The molecular weight excluding hydrogens is 220 g/mol. The van der Waals surface area contributed by atoms with Crippen molar-refractivity contribution in [2.24, 2.45) is 7.05 Å². The van der Waals surface area contributed by atoms with Crippen LogP contribution in [0.5, 0.6) is 0 Å². The van der Waals surface area contributed by atoms with Crippen molar-refractivity contribution in [2.45, 2.75) is 0 Å². The maximum Gasteiger partial charge on any atom is 0.337 e. The van der Waals surface area contributed by atoms with Crippen molar-refractivity contribution < 1.29 is 0 Å². The number of hydrogen-bond acceptors (Lipinski definition) is 4. The minimum atomic E-state index is -0.584. The number of aromatic nitrogens is 2. The molecule has 0 bridgehead atoms. The van der Waals surface area contributed by atoms with E-state index in [0.29, 0.717) is 5.69 Å². The van der Waals surface area contributed by atoms with Crippen LogP contribution in [0.1, 0.15) is 0 Å². The fourth-order valence-corrected chi connectivity index (χ4v) is 1.58. The van der Waals surface area contributed by atoms with Gasteiger partial charge in [0, 0.05) is 7.05 Å². The summed E-state index contributed by atoms with van der Waals surface area (Å²) in [6, 6.07) is 8.77. The molecule has 0 fully saturated rings. The quantitative estimate of drug-likeness (QED) is 0.705. The molecule has 0 aliphatic carbocycles. The Morgan fingerprint density at radius 2 is 1.65 bits per heavy atom. The third-order valence-corrected chi connectivity index (χ3v) is 2.54. The lowest BCUT2D eigenvalue weighted by Crippen LogP contribution is -2.40. The van der Waals surface area contributed by atoms with Crippen LogP contribution in [0.15, 0.2) is 39.9 Å². The summed E-state index contributed by atoms with van der Waals surface area (Å²) in [5.74, 6) is -0.0377. The first-order valence-electron chi connectivity index (χ1n) is 4.96. The van der Waals surface area contributed by atoms with Crippen LogP contribution in [-0.4, -0.2) is 9.13 Å². The van der Waals surface area contributed by atoms with Crippen LogP contribution in [0, 0.1) is 0 Å². The van der Waals surface area contributed by atoms with E-state index in [2.05, 4.69) is 0 Å². The molecule has 0 atom stereocenters. The van der Waals surface area contributed by atoms with E-state index >= 15 is 0 Å². The summed E-state index contributed by atoms with van der Waals surface area (Å²) in [4.78, 5) is 23.5.